The van der Waals surface area contributed by atoms with E-state index >= 15 is 0 Å². The van der Waals surface area contributed by atoms with E-state index in [1.807, 2.05) is 23.9 Å². The highest BCUT2D eigenvalue weighted by atomic mass is 16.5. The fourth-order valence-electron chi connectivity index (χ4n) is 2.98. The number of nitrogens with zero attached hydrogens (tertiary/aromatic N) is 3. The van der Waals surface area contributed by atoms with Crippen LogP contribution in [-0.4, -0.2) is 42.0 Å². The summed E-state index contributed by atoms with van der Waals surface area (Å²) in [6.07, 6.45) is 5.02. The third-order valence-corrected chi connectivity index (χ3v) is 4.42. The molecular formula is C21H33N5O. The average Bonchev–Trinajstić information content (AvgIpc) is 3.16. The lowest BCUT2D eigenvalue weighted by Gasteiger charge is -2.21. The minimum atomic E-state index is 0.277. The number of nitrogens with one attached hydrogen (secondary N) is 2. The second-order valence-corrected chi connectivity index (χ2v) is 6.90. The third kappa shape index (κ3) is 7.43. The number of aliphatic imine (C=N–C) groups is 1. The largest absolute Gasteiger partial charge is 0.378 e. The third-order valence-electron chi connectivity index (χ3n) is 4.42. The van der Waals surface area contributed by atoms with Gasteiger partial charge in [-0.15, -0.1) is 0 Å². The van der Waals surface area contributed by atoms with Gasteiger partial charge in [0.2, 0.25) is 0 Å². The second-order valence-electron chi connectivity index (χ2n) is 6.90. The molecule has 6 nitrogen and oxygen atoms in total. The number of ether oxygens (including phenoxy) is 1. The lowest BCUT2D eigenvalue weighted by Crippen LogP contribution is -2.38. The van der Waals surface area contributed by atoms with Crippen LogP contribution in [0.4, 0.5) is 0 Å². The normalized spacial score (nSPS) is 13.0. The van der Waals surface area contributed by atoms with Crippen LogP contribution >= 0.6 is 0 Å². The molecule has 0 fully saturated rings. The van der Waals surface area contributed by atoms with E-state index in [0.29, 0.717) is 5.92 Å². The molecule has 148 valence electrons. The summed E-state index contributed by atoms with van der Waals surface area (Å²) in [5.41, 5.74) is 2.45. The predicted octanol–water partition coefficient (Wildman–Crippen LogP) is 3.05. The monoisotopic (exact) mass is 371 g/mol. The number of guanidine groups is 1. The van der Waals surface area contributed by atoms with Crippen LogP contribution < -0.4 is 10.6 Å². The Balaban J connectivity index is 1.80. The fraction of sp³-hybridized carbons (Fsp3) is 0.524. The molecule has 27 heavy (non-hydrogen) atoms. The Hall–Kier alpha value is -2.34. The van der Waals surface area contributed by atoms with Crippen molar-refractivity contribution in [3.63, 3.8) is 0 Å². The average molecular weight is 372 g/mol. The molecular weight excluding hydrogens is 338 g/mol. The predicted molar refractivity (Wildman–Crippen MR) is 111 cm³/mol. The fourth-order valence-corrected chi connectivity index (χ4v) is 2.98. The van der Waals surface area contributed by atoms with Gasteiger partial charge in [0.05, 0.1) is 12.6 Å². The zero-order valence-corrected chi connectivity index (χ0v) is 17.0. The van der Waals surface area contributed by atoms with Gasteiger partial charge in [-0.2, -0.15) is 5.10 Å². The van der Waals surface area contributed by atoms with Crippen LogP contribution in [0.2, 0.25) is 0 Å². The van der Waals surface area contributed by atoms with Crippen molar-refractivity contribution < 1.29 is 4.74 Å². The molecule has 0 aliphatic heterocycles. The van der Waals surface area contributed by atoms with Crippen LogP contribution in [0, 0.1) is 5.92 Å². The first-order valence-electron chi connectivity index (χ1n) is 9.73. The van der Waals surface area contributed by atoms with Gasteiger partial charge < -0.3 is 15.4 Å². The molecule has 0 aliphatic rings. The molecule has 0 saturated heterocycles. The van der Waals surface area contributed by atoms with Crippen molar-refractivity contribution in [3.8, 4) is 0 Å². The summed E-state index contributed by atoms with van der Waals surface area (Å²) in [5, 5.41) is 11.0. The topological polar surface area (TPSA) is 63.5 Å². The van der Waals surface area contributed by atoms with E-state index in [4.69, 9.17) is 4.74 Å². The molecule has 0 radical (unpaired) electrons. The van der Waals surface area contributed by atoms with E-state index in [1.54, 1.807) is 13.2 Å². The van der Waals surface area contributed by atoms with Crippen molar-refractivity contribution in [1.82, 2.24) is 20.4 Å². The molecule has 0 bridgehead atoms. The number of rotatable bonds is 10. The maximum atomic E-state index is 5.80. The van der Waals surface area contributed by atoms with E-state index in [1.165, 1.54) is 11.1 Å². The number of hydrogen-bond donors (Lipinski definition) is 2. The highest BCUT2D eigenvalue weighted by molar-refractivity contribution is 5.79. The lowest BCUT2D eigenvalue weighted by atomic mass is 10.0. The van der Waals surface area contributed by atoms with Crippen molar-refractivity contribution in [2.45, 2.75) is 46.4 Å². The van der Waals surface area contributed by atoms with Gasteiger partial charge in [0.15, 0.2) is 5.96 Å². The molecule has 1 unspecified atom stereocenters. The summed E-state index contributed by atoms with van der Waals surface area (Å²) in [6, 6.07) is 10.5. The van der Waals surface area contributed by atoms with Crippen molar-refractivity contribution in [3.05, 3.63) is 53.9 Å². The lowest BCUT2D eigenvalue weighted by molar-refractivity contribution is 0.0258. The van der Waals surface area contributed by atoms with Crippen LogP contribution in [0.5, 0.6) is 0 Å². The van der Waals surface area contributed by atoms with Crippen LogP contribution in [0.3, 0.4) is 0 Å². The van der Waals surface area contributed by atoms with Crippen molar-refractivity contribution >= 4 is 5.96 Å². The molecule has 0 amide bonds. The van der Waals surface area contributed by atoms with Crippen LogP contribution in [0.15, 0.2) is 47.7 Å². The van der Waals surface area contributed by atoms with Gasteiger partial charge >= 0.3 is 0 Å². The van der Waals surface area contributed by atoms with Gasteiger partial charge in [0, 0.05) is 39.1 Å². The van der Waals surface area contributed by atoms with Gasteiger partial charge in [-0.3, -0.25) is 9.67 Å². The maximum absolute atomic E-state index is 5.80. The van der Waals surface area contributed by atoms with E-state index in [9.17, 15) is 0 Å². The summed E-state index contributed by atoms with van der Waals surface area (Å²) in [4.78, 5) is 4.31. The standard InChI is InChI=1S/C21H33N5O/c1-5-27-20(17(2)3)10-12-23-21(22-4)24-15-18-8-6-9-19(14-18)16-26-13-7-11-25-26/h6-9,11,13-14,17,20H,5,10,12,15-16H2,1-4H3,(H2,22,23,24). The molecule has 6 heteroatoms. The molecule has 0 spiro atoms. The van der Waals surface area contributed by atoms with Gasteiger partial charge in [0.1, 0.15) is 0 Å². The Labute approximate surface area is 163 Å². The van der Waals surface area contributed by atoms with E-state index in [2.05, 4.69) is 58.8 Å². The number of benzene rings is 1. The maximum Gasteiger partial charge on any atom is 0.191 e. The highest BCUT2D eigenvalue weighted by Crippen LogP contribution is 2.10. The van der Waals surface area contributed by atoms with Crippen LogP contribution in [0.1, 0.15) is 38.3 Å². The zero-order valence-electron chi connectivity index (χ0n) is 17.0. The first-order valence-corrected chi connectivity index (χ1v) is 9.73. The molecule has 0 aliphatic carbocycles. The summed E-state index contributed by atoms with van der Waals surface area (Å²) in [7, 11) is 1.80. The Kier molecular flexibility index (Phi) is 8.84. The Morgan fingerprint density at radius 2 is 2.04 bits per heavy atom. The molecule has 0 saturated carbocycles. The molecule has 2 rings (SSSR count). The SMILES string of the molecule is CCOC(CCNC(=NC)NCc1cccc(Cn2cccn2)c1)C(C)C. The Morgan fingerprint density at radius 1 is 1.22 bits per heavy atom. The Morgan fingerprint density at radius 3 is 2.70 bits per heavy atom. The first kappa shape index (κ1) is 21.0. The van der Waals surface area contributed by atoms with E-state index in [-0.39, 0.29) is 6.10 Å². The summed E-state index contributed by atoms with van der Waals surface area (Å²) in [6.45, 7) is 9.54. The quantitative estimate of drug-likeness (QED) is 0.498. The molecule has 1 aromatic carbocycles. The molecule has 1 heterocycles. The molecule has 2 N–H and O–H groups in total. The smallest absolute Gasteiger partial charge is 0.191 e. The van der Waals surface area contributed by atoms with Gasteiger partial charge in [-0.1, -0.05) is 38.1 Å². The van der Waals surface area contributed by atoms with Crippen LogP contribution in [0.25, 0.3) is 0 Å². The molecule has 1 aromatic heterocycles. The summed E-state index contributed by atoms with van der Waals surface area (Å²) < 4.78 is 7.72. The van der Waals surface area contributed by atoms with E-state index in [0.717, 1.165) is 38.6 Å². The first-order chi connectivity index (χ1) is 13.1. The highest BCUT2D eigenvalue weighted by Gasteiger charge is 2.12. The van der Waals surface area contributed by atoms with Gasteiger partial charge in [-0.05, 0) is 36.5 Å². The molecule has 2 aromatic rings. The van der Waals surface area contributed by atoms with E-state index < -0.39 is 0 Å². The molecule has 1 atom stereocenters. The zero-order chi connectivity index (χ0) is 19.5. The minimum absolute atomic E-state index is 0.277. The van der Waals surface area contributed by atoms with Gasteiger partial charge in [-0.25, -0.2) is 0 Å². The number of aromatic nitrogens is 2. The summed E-state index contributed by atoms with van der Waals surface area (Å²) >= 11 is 0. The second kappa shape index (κ2) is 11.4. The number of hydrogen-bond acceptors (Lipinski definition) is 3. The summed E-state index contributed by atoms with van der Waals surface area (Å²) in [5.74, 6) is 1.32. The van der Waals surface area contributed by atoms with Crippen molar-refractivity contribution in [2.24, 2.45) is 10.9 Å². The van der Waals surface area contributed by atoms with Crippen molar-refractivity contribution in [2.75, 3.05) is 20.2 Å². The van der Waals surface area contributed by atoms with Crippen molar-refractivity contribution in [1.29, 1.82) is 0 Å². The van der Waals surface area contributed by atoms with Crippen LogP contribution in [-0.2, 0) is 17.8 Å². The minimum Gasteiger partial charge on any atom is -0.378 e. The van der Waals surface area contributed by atoms with Gasteiger partial charge in [0.25, 0.3) is 0 Å². The Bertz CT molecular complexity index is 682.